The number of non-ortho nitro benzene ring substituents is 1. The van der Waals surface area contributed by atoms with Crippen molar-refractivity contribution in [1.82, 2.24) is 5.32 Å². The lowest BCUT2D eigenvalue weighted by molar-refractivity contribution is -0.384. The van der Waals surface area contributed by atoms with Crippen LogP contribution in [0.25, 0.3) is 0 Å². The molecule has 0 aliphatic heterocycles. The smallest absolute Gasteiger partial charge is 0.305 e. The van der Waals surface area contributed by atoms with Crippen LogP contribution in [0.3, 0.4) is 0 Å². The fourth-order valence-electron chi connectivity index (χ4n) is 1.72. The van der Waals surface area contributed by atoms with Gasteiger partial charge in [-0.2, -0.15) is 0 Å². The molecular formula is C14H20N2O5. The number of nitro groups is 1. The third-order valence-corrected chi connectivity index (χ3v) is 2.83. The average Bonchev–Trinajstić information content (AvgIpc) is 2.49. The Balaban J connectivity index is 2.66. The monoisotopic (exact) mass is 296 g/mol. The molecule has 0 saturated heterocycles. The summed E-state index contributed by atoms with van der Waals surface area (Å²) in [6, 6.07) is 4.49. The summed E-state index contributed by atoms with van der Waals surface area (Å²) in [6.45, 7) is 3.55. The summed E-state index contributed by atoms with van der Waals surface area (Å²) >= 11 is 0. The van der Waals surface area contributed by atoms with Crippen molar-refractivity contribution in [3.05, 3.63) is 33.9 Å². The van der Waals surface area contributed by atoms with Gasteiger partial charge in [0.25, 0.3) is 5.69 Å². The first-order chi connectivity index (χ1) is 10.1. The van der Waals surface area contributed by atoms with E-state index in [1.807, 2.05) is 6.92 Å². The van der Waals surface area contributed by atoms with Crippen molar-refractivity contribution in [2.24, 2.45) is 0 Å². The topological polar surface area (TPSA) is 90.7 Å². The van der Waals surface area contributed by atoms with Crippen molar-refractivity contribution in [2.75, 3.05) is 20.3 Å². The molecule has 0 aliphatic rings. The Hall–Kier alpha value is -2.15. The number of ether oxygens (including phenoxy) is 2. The van der Waals surface area contributed by atoms with Crippen LogP contribution >= 0.6 is 0 Å². The second-order valence-corrected chi connectivity index (χ2v) is 4.36. The van der Waals surface area contributed by atoms with Crippen molar-refractivity contribution in [2.45, 2.75) is 26.3 Å². The SMILES string of the molecule is CCNCc1cc([N+](=O)[O-])ccc1OCCCC(=O)OC. The first kappa shape index (κ1) is 16.9. The number of carbonyl (C=O) groups is 1. The van der Waals surface area contributed by atoms with E-state index >= 15 is 0 Å². The van der Waals surface area contributed by atoms with Gasteiger partial charge in [0.1, 0.15) is 5.75 Å². The minimum absolute atomic E-state index is 0.0322. The number of esters is 1. The van der Waals surface area contributed by atoms with Gasteiger partial charge in [0.15, 0.2) is 0 Å². The molecule has 116 valence electrons. The molecule has 0 radical (unpaired) electrons. The van der Waals surface area contributed by atoms with E-state index in [2.05, 4.69) is 10.1 Å². The van der Waals surface area contributed by atoms with Gasteiger partial charge in [0, 0.05) is 30.7 Å². The molecule has 0 amide bonds. The molecule has 0 bridgehead atoms. The Morgan fingerprint density at radius 1 is 1.43 bits per heavy atom. The van der Waals surface area contributed by atoms with Crippen LogP contribution in [-0.4, -0.2) is 31.2 Å². The Kier molecular flexibility index (Phi) is 7.17. The maximum atomic E-state index is 11.0. The van der Waals surface area contributed by atoms with E-state index < -0.39 is 4.92 Å². The standard InChI is InChI=1S/C14H20N2O5/c1-3-15-10-11-9-12(16(18)19)6-7-13(11)21-8-4-5-14(17)20-2/h6-7,9,15H,3-5,8,10H2,1-2H3. The van der Waals surface area contributed by atoms with Crippen molar-refractivity contribution in [3.8, 4) is 5.75 Å². The number of nitro benzene ring substituents is 1. The quantitative estimate of drug-likeness (QED) is 0.324. The molecule has 1 aromatic carbocycles. The van der Waals surface area contributed by atoms with Gasteiger partial charge in [-0.15, -0.1) is 0 Å². The third kappa shape index (κ3) is 5.78. The van der Waals surface area contributed by atoms with E-state index in [1.165, 1.54) is 19.2 Å². The van der Waals surface area contributed by atoms with Crippen molar-refractivity contribution in [3.63, 3.8) is 0 Å². The van der Waals surface area contributed by atoms with E-state index in [0.29, 0.717) is 25.3 Å². The van der Waals surface area contributed by atoms with Crippen molar-refractivity contribution >= 4 is 11.7 Å². The summed E-state index contributed by atoms with van der Waals surface area (Å²) in [4.78, 5) is 21.4. The van der Waals surface area contributed by atoms with Crippen LogP contribution in [0.2, 0.25) is 0 Å². The zero-order chi connectivity index (χ0) is 15.7. The van der Waals surface area contributed by atoms with E-state index in [4.69, 9.17) is 4.74 Å². The second-order valence-electron chi connectivity index (χ2n) is 4.36. The molecule has 0 atom stereocenters. The fraction of sp³-hybridized carbons (Fsp3) is 0.500. The average molecular weight is 296 g/mol. The normalized spacial score (nSPS) is 10.2. The van der Waals surface area contributed by atoms with Gasteiger partial charge in [0.05, 0.1) is 18.6 Å². The lowest BCUT2D eigenvalue weighted by Gasteiger charge is -2.11. The predicted molar refractivity (Wildman–Crippen MR) is 77.2 cm³/mol. The predicted octanol–water partition coefficient (Wildman–Crippen LogP) is 2.04. The Bertz CT molecular complexity index is 490. The lowest BCUT2D eigenvalue weighted by Crippen LogP contribution is -2.13. The number of rotatable bonds is 9. The van der Waals surface area contributed by atoms with Gasteiger partial charge in [-0.1, -0.05) is 6.92 Å². The molecule has 0 unspecified atom stereocenters. The molecule has 0 fully saturated rings. The van der Waals surface area contributed by atoms with Crippen LogP contribution in [0.5, 0.6) is 5.75 Å². The first-order valence-corrected chi connectivity index (χ1v) is 6.76. The third-order valence-electron chi connectivity index (χ3n) is 2.83. The van der Waals surface area contributed by atoms with E-state index in [-0.39, 0.29) is 18.1 Å². The molecule has 0 aromatic heterocycles. The van der Waals surface area contributed by atoms with Crippen LogP contribution in [-0.2, 0) is 16.1 Å². The summed E-state index contributed by atoms with van der Waals surface area (Å²) in [5.74, 6) is 0.307. The molecule has 1 aromatic rings. The summed E-state index contributed by atoms with van der Waals surface area (Å²) in [7, 11) is 1.34. The van der Waals surface area contributed by atoms with E-state index in [9.17, 15) is 14.9 Å². The van der Waals surface area contributed by atoms with Crippen LogP contribution in [0, 0.1) is 10.1 Å². The minimum Gasteiger partial charge on any atom is -0.493 e. The van der Waals surface area contributed by atoms with Crippen molar-refractivity contribution in [1.29, 1.82) is 0 Å². The summed E-state index contributed by atoms with van der Waals surface area (Å²) in [6.07, 6.45) is 0.816. The number of hydrogen-bond acceptors (Lipinski definition) is 6. The molecule has 1 N–H and O–H groups in total. The molecular weight excluding hydrogens is 276 g/mol. The number of carbonyl (C=O) groups excluding carboxylic acids is 1. The highest BCUT2D eigenvalue weighted by atomic mass is 16.6. The highest BCUT2D eigenvalue weighted by Crippen LogP contribution is 2.24. The maximum Gasteiger partial charge on any atom is 0.305 e. The summed E-state index contributed by atoms with van der Waals surface area (Å²) in [5.41, 5.74) is 0.758. The van der Waals surface area contributed by atoms with Crippen LogP contribution in [0.4, 0.5) is 5.69 Å². The molecule has 21 heavy (non-hydrogen) atoms. The molecule has 1 rings (SSSR count). The van der Waals surface area contributed by atoms with E-state index in [1.54, 1.807) is 6.07 Å². The zero-order valence-corrected chi connectivity index (χ0v) is 12.3. The fourth-order valence-corrected chi connectivity index (χ4v) is 1.72. The van der Waals surface area contributed by atoms with Gasteiger partial charge in [-0.25, -0.2) is 0 Å². The highest BCUT2D eigenvalue weighted by Gasteiger charge is 2.11. The van der Waals surface area contributed by atoms with E-state index in [0.717, 1.165) is 12.1 Å². The lowest BCUT2D eigenvalue weighted by atomic mass is 10.1. The Morgan fingerprint density at radius 2 is 2.19 bits per heavy atom. The van der Waals surface area contributed by atoms with Gasteiger partial charge < -0.3 is 14.8 Å². The molecule has 0 saturated carbocycles. The number of nitrogens with one attached hydrogen (secondary N) is 1. The van der Waals surface area contributed by atoms with Gasteiger partial charge in [-0.05, 0) is 19.0 Å². The van der Waals surface area contributed by atoms with Gasteiger partial charge >= 0.3 is 5.97 Å². The molecule has 7 heteroatoms. The summed E-state index contributed by atoms with van der Waals surface area (Å²) < 4.78 is 10.1. The first-order valence-electron chi connectivity index (χ1n) is 6.76. The van der Waals surface area contributed by atoms with Crippen molar-refractivity contribution < 1.29 is 19.2 Å². The Morgan fingerprint density at radius 3 is 2.81 bits per heavy atom. The van der Waals surface area contributed by atoms with Crippen LogP contribution in [0.15, 0.2) is 18.2 Å². The van der Waals surface area contributed by atoms with Gasteiger partial charge in [-0.3, -0.25) is 14.9 Å². The minimum atomic E-state index is -0.434. The number of nitrogens with zero attached hydrogens (tertiary/aromatic N) is 1. The van der Waals surface area contributed by atoms with Gasteiger partial charge in [0.2, 0.25) is 0 Å². The molecule has 0 spiro atoms. The number of benzene rings is 1. The molecule has 7 nitrogen and oxygen atoms in total. The summed E-state index contributed by atoms with van der Waals surface area (Å²) in [5, 5.41) is 13.9. The second kappa shape index (κ2) is 8.91. The zero-order valence-electron chi connectivity index (χ0n) is 12.3. The number of methoxy groups -OCH3 is 1. The maximum absolute atomic E-state index is 11.0. The largest absolute Gasteiger partial charge is 0.493 e. The highest BCUT2D eigenvalue weighted by molar-refractivity contribution is 5.69. The molecule has 0 aliphatic carbocycles. The number of hydrogen-bond donors (Lipinski definition) is 1. The van der Waals surface area contributed by atoms with Crippen LogP contribution < -0.4 is 10.1 Å². The van der Waals surface area contributed by atoms with Crippen LogP contribution in [0.1, 0.15) is 25.3 Å². The Labute approximate surface area is 123 Å². The molecule has 0 heterocycles.